The molecular weight excluding hydrogens is 342 g/mol. The van der Waals surface area contributed by atoms with Gasteiger partial charge >= 0.3 is 6.09 Å². The second kappa shape index (κ2) is 5.41. The van der Waals surface area contributed by atoms with E-state index in [1.807, 2.05) is 39.8 Å². The van der Waals surface area contributed by atoms with E-state index in [0.29, 0.717) is 5.02 Å². The zero-order chi connectivity index (χ0) is 15.1. The smallest absolute Gasteiger partial charge is 0.419 e. The standard InChI is InChI=1S/C15H17BrClNO2/c1-5-10-11-8-9(17)6-7-12(11)18(13(10)16)14(19)20-15(2,3)4/h6-8H,5H2,1-4H3. The average Bonchev–Trinajstić information content (AvgIpc) is 2.57. The van der Waals surface area contributed by atoms with Crippen LogP contribution in [0.2, 0.25) is 5.02 Å². The summed E-state index contributed by atoms with van der Waals surface area (Å²) < 4.78 is 7.74. The molecule has 20 heavy (non-hydrogen) atoms. The van der Waals surface area contributed by atoms with Crippen LogP contribution in [0, 0.1) is 0 Å². The van der Waals surface area contributed by atoms with Crippen LogP contribution in [0.3, 0.4) is 0 Å². The molecule has 0 spiro atoms. The van der Waals surface area contributed by atoms with Crippen LogP contribution >= 0.6 is 27.5 Å². The van der Waals surface area contributed by atoms with E-state index < -0.39 is 11.7 Å². The van der Waals surface area contributed by atoms with Crippen molar-refractivity contribution >= 4 is 44.5 Å². The molecule has 3 nitrogen and oxygen atoms in total. The Hall–Kier alpha value is -1.00. The van der Waals surface area contributed by atoms with Crippen LogP contribution in [0.15, 0.2) is 22.8 Å². The monoisotopic (exact) mass is 357 g/mol. The van der Waals surface area contributed by atoms with Gasteiger partial charge in [0, 0.05) is 10.4 Å². The molecule has 0 fully saturated rings. The Morgan fingerprint density at radius 2 is 2.05 bits per heavy atom. The Labute approximate surface area is 132 Å². The van der Waals surface area contributed by atoms with Crippen molar-refractivity contribution in [1.29, 1.82) is 0 Å². The highest BCUT2D eigenvalue weighted by Gasteiger charge is 2.24. The molecule has 2 rings (SSSR count). The Balaban J connectivity index is 2.64. The van der Waals surface area contributed by atoms with Gasteiger partial charge in [-0.15, -0.1) is 0 Å². The van der Waals surface area contributed by atoms with Crippen molar-refractivity contribution in [3.05, 3.63) is 33.4 Å². The highest BCUT2D eigenvalue weighted by atomic mass is 79.9. The van der Waals surface area contributed by atoms with Crippen LogP contribution in [-0.4, -0.2) is 16.3 Å². The molecule has 0 amide bonds. The van der Waals surface area contributed by atoms with Gasteiger partial charge in [-0.2, -0.15) is 0 Å². The summed E-state index contributed by atoms with van der Waals surface area (Å²) in [6.45, 7) is 7.59. The van der Waals surface area contributed by atoms with Gasteiger partial charge in [-0.05, 0) is 66.9 Å². The average molecular weight is 359 g/mol. The maximum atomic E-state index is 12.4. The lowest BCUT2D eigenvalue weighted by molar-refractivity contribution is 0.0541. The molecule has 1 aromatic carbocycles. The van der Waals surface area contributed by atoms with E-state index in [0.717, 1.165) is 27.5 Å². The van der Waals surface area contributed by atoms with E-state index in [9.17, 15) is 4.79 Å². The van der Waals surface area contributed by atoms with E-state index in [2.05, 4.69) is 15.9 Å². The first kappa shape index (κ1) is 15.4. The van der Waals surface area contributed by atoms with E-state index >= 15 is 0 Å². The molecule has 0 aliphatic carbocycles. The number of nitrogens with zero attached hydrogens (tertiary/aromatic N) is 1. The SMILES string of the molecule is CCc1c(Br)n(C(=O)OC(C)(C)C)c2ccc(Cl)cc12. The molecule has 0 aliphatic rings. The van der Waals surface area contributed by atoms with Crippen molar-refractivity contribution in [1.82, 2.24) is 4.57 Å². The molecule has 0 saturated carbocycles. The van der Waals surface area contributed by atoms with Crippen LogP contribution in [0.5, 0.6) is 0 Å². The number of aromatic nitrogens is 1. The number of carbonyl (C=O) groups excluding carboxylic acids is 1. The highest BCUT2D eigenvalue weighted by Crippen LogP contribution is 2.33. The number of aryl methyl sites for hydroxylation is 1. The lowest BCUT2D eigenvalue weighted by Crippen LogP contribution is -2.27. The summed E-state index contributed by atoms with van der Waals surface area (Å²) in [5.41, 5.74) is 1.31. The van der Waals surface area contributed by atoms with Crippen molar-refractivity contribution in [2.45, 2.75) is 39.7 Å². The number of halogens is 2. The fourth-order valence-corrected chi connectivity index (χ4v) is 3.12. The minimum atomic E-state index is -0.536. The first-order valence-corrected chi connectivity index (χ1v) is 7.63. The minimum Gasteiger partial charge on any atom is -0.443 e. The summed E-state index contributed by atoms with van der Waals surface area (Å²) >= 11 is 9.56. The summed E-state index contributed by atoms with van der Waals surface area (Å²) in [4.78, 5) is 12.4. The van der Waals surface area contributed by atoms with Crippen LogP contribution in [0.25, 0.3) is 10.9 Å². The van der Waals surface area contributed by atoms with Crippen LogP contribution in [0.1, 0.15) is 33.3 Å². The molecule has 0 atom stereocenters. The first-order valence-electron chi connectivity index (χ1n) is 6.46. The van der Waals surface area contributed by atoms with Gasteiger partial charge < -0.3 is 4.74 Å². The maximum absolute atomic E-state index is 12.4. The molecule has 0 bridgehead atoms. The fraction of sp³-hybridized carbons (Fsp3) is 0.400. The van der Waals surface area contributed by atoms with Crippen molar-refractivity contribution in [2.75, 3.05) is 0 Å². The predicted molar refractivity (Wildman–Crippen MR) is 85.7 cm³/mol. The third kappa shape index (κ3) is 2.86. The molecule has 108 valence electrons. The third-order valence-electron chi connectivity index (χ3n) is 2.90. The summed E-state index contributed by atoms with van der Waals surface area (Å²) in [6, 6.07) is 5.49. The van der Waals surface area contributed by atoms with Crippen LogP contribution < -0.4 is 0 Å². The Bertz CT molecular complexity index is 671. The highest BCUT2D eigenvalue weighted by molar-refractivity contribution is 9.10. The molecule has 0 N–H and O–H groups in total. The van der Waals surface area contributed by atoms with E-state index in [-0.39, 0.29) is 0 Å². The lowest BCUT2D eigenvalue weighted by atomic mass is 10.1. The number of fused-ring (bicyclic) bond motifs is 1. The molecule has 2 aromatic rings. The van der Waals surface area contributed by atoms with Gasteiger partial charge in [0.2, 0.25) is 0 Å². The molecule has 0 saturated heterocycles. The van der Waals surface area contributed by atoms with Gasteiger partial charge in [0.05, 0.1) is 10.1 Å². The van der Waals surface area contributed by atoms with Crippen molar-refractivity contribution < 1.29 is 9.53 Å². The number of rotatable bonds is 1. The largest absolute Gasteiger partial charge is 0.443 e. The normalized spacial score (nSPS) is 11.9. The van der Waals surface area contributed by atoms with Gasteiger partial charge in [-0.1, -0.05) is 18.5 Å². The van der Waals surface area contributed by atoms with Gasteiger partial charge in [0.1, 0.15) is 5.60 Å². The Morgan fingerprint density at radius 1 is 1.40 bits per heavy atom. The fourth-order valence-electron chi connectivity index (χ4n) is 2.12. The number of hydrogen-bond donors (Lipinski definition) is 0. The number of hydrogen-bond acceptors (Lipinski definition) is 2. The topological polar surface area (TPSA) is 31.2 Å². The summed E-state index contributed by atoms with van der Waals surface area (Å²) in [6.07, 6.45) is 0.407. The summed E-state index contributed by atoms with van der Waals surface area (Å²) in [7, 11) is 0. The number of carbonyl (C=O) groups is 1. The summed E-state index contributed by atoms with van der Waals surface area (Å²) in [5.74, 6) is 0. The summed E-state index contributed by atoms with van der Waals surface area (Å²) in [5, 5.41) is 1.62. The van der Waals surface area contributed by atoms with E-state index in [1.165, 1.54) is 0 Å². The molecule has 0 radical (unpaired) electrons. The molecule has 0 aliphatic heterocycles. The predicted octanol–water partition coefficient (Wildman–Crippen LogP) is 5.40. The lowest BCUT2D eigenvalue weighted by Gasteiger charge is -2.20. The zero-order valence-corrected chi connectivity index (χ0v) is 14.3. The number of ether oxygens (including phenoxy) is 1. The van der Waals surface area contributed by atoms with Gasteiger partial charge in [0.15, 0.2) is 0 Å². The van der Waals surface area contributed by atoms with Crippen LogP contribution in [0.4, 0.5) is 4.79 Å². The zero-order valence-electron chi connectivity index (χ0n) is 12.0. The molecule has 0 unspecified atom stereocenters. The Kier molecular flexibility index (Phi) is 4.17. The van der Waals surface area contributed by atoms with Crippen LogP contribution in [-0.2, 0) is 11.2 Å². The molecular formula is C15H17BrClNO2. The molecule has 5 heteroatoms. The second-order valence-electron chi connectivity index (χ2n) is 5.60. The van der Waals surface area contributed by atoms with Crippen molar-refractivity contribution in [3.63, 3.8) is 0 Å². The molecule has 1 aromatic heterocycles. The minimum absolute atomic E-state index is 0.392. The van der Waals surface area contributed by atoms with E-state index in [1.54, 1.807) is 10.6 Å². The van der Waals surface area contributed by atoms with E-state index in [4.69, 9.17) is 16.3 Å². The Morgan fingerprint density at radius 3 is 2.60 bits per heavy atom. The second-order valence-corrected chi connectivity index (χ2v) is 6.79. The third-order valence-corrected chi connectivity index (χ3v) is 3.97. The quantitative estimate of drug-likeness (QED) is 0.683. The van der Waals surface area contributed by atoms with Gasteiger partial charge in [0.25, 0.3) is 0 Å². The van der Waals surface area contributed by atoms with Gasteiger partial charge in [-0.3, -0.25) is 0 Å². The van der Waals surface area contributed by atoms with Crippen molar-refractivity contribution in [3.8, 4) is 0 Å². The van der Waals surface area contributed by atoms with Gasteiger partial charge in [-0.25, -0.2) is 9.36 Å². The molecule has 1 heterocycles. The van der Waals surface area contributed by atoms with Crippen molar-refractivity contribution in [2.24, 2.45) is 0 Å². The first-order chi connectivity index (χ1) is 9.24. The maximum Gasteiger partial charge on any atom is 0.419 e. The number of benzene rings is 1.